The molecule has 1 aromatic heterocycles. The maximum Gasteiger partial charge on any atom is 0.203 e. The van der Waals surface area contributed by atoms with Crippen molar-refractivity contribution in [2.24, 2.45) is 5.10 Å². The summed E-state index contributed by atoms with van der Waals surface area (Å²) in [5, 5.41) is 16.9. The van der Waals surface area contributed by atoms with Crippen molar-refractivity contribution < 1.29 is 5.11 Å². The summed E-state index contributed by atoms with van der Waals surface area (Å²) in [6.45, 7) is 6.03. The Morgan fingerprint density at radius 3 is 2.84 bits per heavy atom. The fourth-order valence-electron chi connectivity index (χ4n) is 1.71. The van der Waals surface area contributed by atoms with Crippen molar-refractivity contribution in [3.05, 3.63) is 40.4 Å². The largest absolute Gasteiger partial charge is 0.507 e. The highest BCUT2D eigenvalue weighted by molar-refractivity contribution is 7.13. The van der Waals surface area contributed by atoms with Crippen LogP contribution in [0.25, 0.3) is 0 Å². The van der Waals surface area contributed by atoms with E-state index in [1.165, 1.54) is 11.3 Å². The van der Waals surface area contributed by atoms with E-state index in [0.717, 1.165) is 16.4 Å². The number of aromatic nitrogens is 1. The molecule has 0 saturated heterocycles. The standard InChI is InChI=1S/C14H17N3OS/c1-9(2)12-6-4-5-11(13(12)18)7-15-17-14-16-10(3)8-19-14/h4-9,18H,1-3H3,(H,16,17). The minimum atomic E-state index is 0.280. The third-order valence-corrected chi connectivity index (χ3v) is 3.57. The molecule has 1 heterocycles. The van der Waals surface area contributed by atoms with E-state index in [4.69, 9.17) is 0 Å². The molecule has 0 radical (unpaired) electrons. The Morgan fingerprint density at radius 1 is 1.42 bits per heavy atom. The Labute approximate surface area is 116 Å². The first-order chi connectivity index (χ1) is 9.08. The third-order valence-electron chi connectivity index (χ3n) is 2.70. The number of hydrogen-bond donors (Lipinski definition) is 2. The molecule has 0 aliphatic carbocycles. The van der Waals surface area contributed by atoms with Crippen molar-refractivity contribution in [3.8, 4) is 5.75 Å². The van der Waals surface area contributed by atoms with Crippen LogP contribution in [0.15, 0.2) is 28.7 Å². The number of aromatic hydroxyl groups is 1. The van der Waals surface area contributed by atoms with Gasteiger partial charge in [-0.05, 0) is 24.5 Å². The molecule has 2 N–H and O–H groups in total. The van der Waals surface area contributed by atoms with Gasteiger partial charge in [-0.1, -0.05) is 26.0 Å². The fraction of sp³-hybridized carbons (Fsp3) is 0.286. The first-order valence-corrected chi connectivity index (χ1v) is 6.99. The predicted molar refractivity (Wildman–Crippen MR) is 80.3 cm³/mol. The van der Waals surface area contributed by atoms with Gasteiger partial charge < -0.3 is 5.11 Å². The van der Waals surface area contributed by atoms with E-state index in [1.807, 2.05) is 44.4 Å². The molecule has 100 valence electrons. The predicted octanol–water partition coefficient (Wildman–Crippen LogP) is 3.73. The van der Waals surface area contributed by atoms with Gasteiger partial charge in [-0.3, -0.25) is 5.43 Å². The summed E-state index contributed by atoms with van der Waals surface area (Å²) >= 11 is 1.50. The van der Waals surface area contributed by atoms with E-state index >= 15 is 0 Å². The molecule has 5 heteroatoms. The maximum atomic E-state index is 10.1. The van der Waals surface area contributed by atoms with Crippen LogP contribution >= 0.6 is 11.3 Å². The van der Waals surface area contributed by atoms with Gasteiger partial charge in [0, 0.05) is 10.9 Å². The van der Waals surface area contributed by atoms with E-state index in [9.17, 15) is 5.11 Å². The van der Waals surface area contributed by atoms with Crippen molar-refractivity contribution >= 4 is 22.7 Å². The zero-order valence-corrected chi connectivity index (χ0v) is 12.0. The van der Waals surface area contributed by atoms with Crippen LogP contribution in [-0.4, -0.2) is 16.3 Å². The summed E-state index contributed by atoms with van der Waals surface area (Å²) in [5.74, 6) is 0.571. The number of aryl methyl sites for hydroxylation is 1. The van der Waals surface area contributed by atoms with E-state index in [-0.39, 0.29) is 5.92 Å². The average Bonchev–Trinajstić information content (AvgIpc) is 2.77. The monoisotopic (exact) mass is 275 g/mol. The molecular weight excluding hydrogens is 258 g/mol. The lowest BCUT2D eigenvalue weighted by atomic mass is 9.99. The molecule has 0 bridgehead atoms. The van der Waals surface area contributed by atoms with Crippen LogP contribution in [0.3, 0.4) is 0 Å². The first-order valence-electron chi connectivity index (χ1n) is 6.11. The van der Waals surface area contributed by atoms with E-state index in [2.05, 4.69) is 15.5 Å². The normalized spacial score (nSPS) is 11.4. The van der Waals surface area contributed by atoms with E-state index in [0.29, 0.717) is 11.3 Å². The Morgan fingerprint density at radius 2 is 2.21 bits per heavy atom. The van der Waals surface area contributed by atoms with Crippen LogP contribution in [0, 0.1) is 6.92 Å². The summed E-state index contributed by atoms with van der Waals surface area (Å²) < 4.78 is 0. The van der Waals surface area contributed by atoms with Gasteiger partial charge in [0.05, 0.1) is 11.9 Å². The smallest absolute Gasteiger partial charge is 0.203 e. The Hall–Kier alpha value is -1.88. The van der Waals surface area contributed by atoms with Crippen molar-refractivity contribution in [3.63, 3.8) is 0 Å². The number of rotatable bonds is 4. The lowest BCUT2D eigenvalue weighted by Gasteiger charge is -2.09. The van der Waals surface area contributed by atoms with Crippen LogP contribution in [0.1, 0.15) is 36.6 Å². The maximum absolute atomic E-state index is 10.1. The highest BCUT2D eigenvalue weighted by Crippen LogP contribution is 2.27. The molecule has 0 atom stereocenters. The van der Waals surface area contributed by atoms with Gasteiger partial charge in [-0.25, -0.2) is 4.98 Å². The number of thiazole rings is 1. The van der Waals surface area contributed by atoms with Crippen LogP contribution in [0.4, 0.5) is 5.13 Å². The summed E-state index contributed by atoms with van der Waals surface area (Å²) in [5.41, 5.74) is 5.45. The number of hydrogen-bond acceptors (Lipinski definition) is 5. The lowest BCUT2D eigenvalue weighted by molar-refractivity contribution is 0.464. The minimum Gasteiger partial charge on any atom is -0.507 e. The lowest BCUT2D eigenvalue weighted by Crippen LogP contribution is -1.94. The zero-order valence-electron chi connectivity index (χ0n) is 11.2. The SMILES string of the molecule is Cc1csc(NN=Cc2cccc(C(C)C)c2O)n1. The molecule has 0 unspecified atom stereocenters. The Bertz CT molecular complexity index is 590. The number of anilines is 1. The molecule has 2 rings (SSSR count). The average molecular weight is 275 g/mol. The van der Waals surface area contributed by atoms with E-state index in [1.54, 1.807) is 6.21 Å². The second-order valence-corrected chi connectivity index (χ2v) is 5.46. The molecule has 0 spiro atoms. The van der Waals surface area contributed by atoms with Crippen molar-refractivity contribution in [1.29, 1.82) is 0 Å². The molecule has 19 heavy (non-hydrogen) atoms. The summed E-state index contributed by atoms with van der Waals surface area (Å²) in [6, 6.07) is 5.68. The second-order valence-electron chi connectivity index (χ2n) is 4.60. The number of para-hydroxylation sites is 1. The number of phenolic OH excluding ortho intramolecular Hbond substituents is 1. The van der Waals surface area contributed by atoms with Crippen LogP contribution < -0.4 is 5.43 Å². The number of hydrazone groups is 1. The van der Waals surface area contributed by atoms with Gasteiger partial charge >= 0.3 is 0 Å². The second kappa shape index (κ2) is 5.84. The molecule has 0 aliphatic rings. The summed E-state index contributed by atoms with van der Waals surface area (Å²) in [7, 11) is 0. The number of phenols is 1. The van der Waals surface area contributed by atoms with Crippen molar-refractivity contribution in [2.45, 2.75) is 26.7 Å². The molecule has 1 aromatic carbocycles. The third kappa shape index (κ3) is 3.32. The molecule has 0 aliphatic heterocycles. The first kappa shape index (κ1) is 13.5. The zero-order chi connectivity index (χ0) is 13.8. The minimum absolute atomic E-state index is 0.280. The van der Waals surface area contributed by atoms with Gasteiger partial charge in [0.15, 0.2) is 0 Å². The number of nitrogens with zero attached hydrogens (tertiary/aromatic N) is 2. The van der Waals surface area contributed by atoms with Gasteiger partial charge in [0.25, 0.3) is 0 Å². The topological polar surface area (TPSA) is 57.5 Å². The molecule has 0 amide bonds. The van der Waals surface area contributed by atoms with Gasteiger partial charge in [-0.15, -0.1) is 11.3 Å². The summed E-state index contributed by atoms with van der Waals surface area (Å²) in [4.78, 5) is 4.24. The molecule has 2 aromatic rings. The van der Waals surface area contributed by atoms with Gasteiger partial charge in [-0.2, -0.15) is 5.10 Å². The molecule has 0 saturated carbocycles. The van der Waals surface area contributed by atoms with Crippen LogP contribution in [-0.2, 0) is 0 Å². The highest BCUT2D eigenvalue weighted by Gasteiger charge is 2.08. The van der Waals surface area contributed by atoms with Crippen LogP contribution in [0.2, 0.25) is 0 Å². The Kier molecular flexibility index (Phi) is 4.16. The highest BCUT2D eigenvalue weighted by atomic mass is 32.1. The van der Waals surface area contributed by atoms with Crippen LogP contribution in [0.5, 0.6) is 5.75 Å². The Balaban J connectivity index is 2.12. The quantitative estimate of drug-likeness (QED) is 0.660. The number of benzene rings is 1. The molecule has 0 fully saturated rings. The van der Waals surface area contributed by atoms with Gasteiger partial charge in [0.1, 0.15) is 5.75 Å². The molecular formula is C14H17N3OS. The van der Waals surface area contributed by atoms with E-state index < -0.39 is 0 Å². The number of nitrogens with one attached hydrogen (secondary N) is 1. The van der Waals surface area contributed by atoms with Crippen molar-refractivity contribution in [2.75, 3.05) is 5.43 Å². The fourth-order valence-corrected chi connectivity index (χ4v) is 2.35. The van der Waals surface area contributed by atoms with Gasteiger partial charge in [0.2, 0.25) is 5.13 Å². The summed E-state index contributed by atoms with van der Waals surface area (Å²) in [6.07, 6.45) is 1.61. The van der Waals surface area contributed by atoms with Crippen molar-refractivity contribution in [1.82, 2.24) is 4.98 Å². The molecule has 4 nitrogen and oxygen atoms in total.